The normalized spacial score (nSPS) is 10.9. The van der Waals surface area contributed by atoms with E-state index in [2.05, 4.69) is 9.97 Å². The molecule has 2 rings (SSSR count). The topological polar surface area (TPSA) is 55.2 Å². The average Bonchev–Trinajstić information content (AvgIpc) is 2.54. The first-order valence-corrected chi connectivity index (χ1v) is 5.57. The lowest BCUT2D eigenvalue weighted by molar-refractivity contribution is 0.198. The lowest BCUT2D eigenvalue weighted by Crippen LogP contribution is -2.03. The number of halogens is 1. The van der Waals surface area contributed by atoms with Crippen molar-refractivity contribution in [3.63, 3.8) is 0 Å². The molecule has 0 aliphatic heterocycles. The number of hydrogen-bond acceptors (Lipinski definition) is 5. The summed E-state index contributed by atoms with van der Waals surface area (Å²) >= 11 is 7.29. The van der Waals surface area contributed by atoms with Crippen molar-refractivity contribution >= 4 is 33.2 Å². The summed E-state index contributed by atoms with van der Waals surface area (Å²) < 4.78 is 5.28. The van der Waals surface area contributed by atoms with Crippen molar-refractivity contribution in [2.75, 3.05) is 13.2 Å². The standard InChI is InChI=1S/C9H9ClN2O2S/c1-5-4-6-7(14-3-2-13)11-9(10)12-8(6)15-5/h4,13H,2-3H2,1H3. The Hall–Kier alpha value is -0.910. The third kappa shape index (κ3) is 2.19. The van der Waals surface area contributed by atoms with E-state index >= 15 is 0 Å². The van der Waals surface area contributed by atoms with Crippen LogP contribution in [0.2, 0.25) is 5.28 Å². The Morgan fingerprint density at radius 3 is 3.07 bits per heavy atom. The molecule has 0 aliphatic carbocycles. The summed E-state index contributed by atoms with van der Waals surface area (Å²) in [5, 5.41) is 9.68. The summed E-state index contributed by atoms with van der Waals surface area (Å²) in [6, 6.07) is 1.95. The Bertz CT molecular complexity index is 486. The second-order valence-electron chi connectivity index (χ2n) is 2.95. The van der Waals surface area contributed by atoms with Crippen LogP contribution in [0.25, 0.3) is 10.2 Å². The predicted molar refractivity (Wildman–Crippen MR) is 59.7 cm³/mol. The van der Waals surface area contributed by atoms with Gasteiger partial charge in [-0.15, -0.1) is 11.3 Å². The van der Waals surface area contributed by atoms with Gasteiger partial charge in [0.1, 0.15) is 11.4 Å². The molecule has 80 valence electrons. The highest BCUT2D eigenvalue weighted by Gasteiger charge is 2.10. The van der Waals surface area contributed by atoms with Crippen molar-refractivity contribution in [3.05, 3.63) is 16.2 Å². The zero-order chi connectivity index (χ0) is 10.8. The number of rotatable bonds is 3. The number of nitrogens with zero attached hydrogens (tertiary/aromatic N) is 2. The summed E-state index contributed by atoms with van der Waals surface area (Å²) in [6.45, 7) is 2.14. The first-order valence-electron chi connectivity index (χ1n) is 4.38. The molecule has 4 nitrogen and oxygen atoms in total. The smallest absolute Gasteiger partial charge is 0.227 e. The van der Waals surface area contributed by atoms with E-state index in [0.29, 0.717) is 5.88 Å². The number of ether oxygens (including phenoxy) is 1. The fraction of sp³-hybridized carbons (Fsp3) is 0.333. The van der Waals surface area contributed by atoms with Crippen LogP contribution >= 0.6 is 22.9 Å². The predicted octanol–water partition coefficient (Wildman–Crippen LogP) is 2.02. The van der Waals surface area contributed by atoms with Gasteiger partial charge in [-0.1, -0.05) is 0 Å². The maximum Gasteiger partial charge on any atom is 0.227 e. The van der Waals surface area contributed by atoms with Gasteiger partial charge in [0.05, 0.1) is 12.0 Å². The van der Waals surface area contributed by atoms with Gasteiger partial charge in [-0.05, 0) is 24.6 Å². The summed E-state index contributed by atoms with van der Waals surface area (Å²) in [7, 11) is 0. The molecule has 15 heavy (non-hydrogen) atoms. The summed E-state index contributed by atoms with van der Waals surface area (Å²) in [5.74, 6) is 0.434. The maximum atomic E-state index is 8.68. The van der Waals surface area contributed by atoms with Gasteiger partial charge in [-0.2, -0.15) is 4.98 Å². The average molecular weight is 245 g/mol. The first kappa shape index (κ1) is 10.6. The largest absolute Gasteiger partial charge is 0.475 e. The molecule has 0 radical (unpaired) electrons. The highest BCUT2D eigenvalue weighted by Crippen LogP contribution is 2.30. The van der Waals surface area contributed by atoms with Crippen LogP contribution in [0.5, 0.6) is 5.88 Å². The Morgan fingerprint density at radius 2 is 2.33 bits per heavy atom. The van der Waals surface area contributed by atoms with Gasteiger partial charge >= 0.3 is 0 Å². The molecule has 0 atom stereocenters. The Balaban J connectivity index is 2.50. The second-order valence-corrected chi connectivity index (χ2v) is 4.52. The highest BCUT2D eigenvalue weighted by molar-refractivity contribution is 7.18. The van der Waals surface area contributed by atoms with Crippen molar-refractivity contribution in [3.8, 4) is 5.88 Å². The third-order valence-corrected chi connectivity index (χ3v) is 2.90. The molecule has 0 aromatic carbocycles. The fourth-order valence-electron chi connectivity index (χ4n) is 1.24. The van der Waals surface area contributed by atoms with Crippen LogP contribution < -0.4 is 4.74 Å². The van der Waals surface area contributed by atoms with Gasteiger partial charge in [0.15, 0.2) is 0 Å². The molecule has 0 saturated carbocycles. The number of aliphatic hydroxyl groups excluding tert-OH is 1. The second kappa shape index (κ2) is 4.30. The van der Waals surface area contributed by atoms with E-state index < -0.39 is 0 Å². The molecule has 2 aromatic rings. The van der Waals surface area contributed by atoms with Gasteiger partial charge in [-0.3, -0.25) is 0 Å². The van der Waals surface area contributed by atoms with Crippen molar-refractivity contribution in [1.29, 1.82) is 0 Å². The van der Waals surface area contributed by atoms with E-state index in [-0.39, 0.29) is 18.5 Å². The summed E-state index contributed by atoms with van der Waals surface area (Å²) in [5.41, 5.74) is 0. The van der Waals surface area contributed by atoms with Crippen LogP contribution in [-0.4, -0.2) is 28.3 Å². The van der Waals surface area contributed by atoms with Crippen molar-refractivity contribution < 1.29 is 9.84 Å². The molecule has 2 aromatic heterocycles. The Morgan fingerprint density at radius 1 is 1.53 bits per heavy atom. The molecule has 0 saturated heterocycles. The van der Waals surface area contributed by atoms with Gasteiger partial charge in [0.25, 0.3) is 0 Å². The molecule has 0 fully saturated rings. The van der Waals surface area contributed by atoms with Crippen LogP contribution in [0.1, 0.15) is 4.88 Å². The molecule has 2 heterocycles. The molecular weight excluding hydrogens is 236 g/mol. The Labute approximate surface area is 95.5 Å². The molecular formula is C9H9ClN2O2S. The van der Waals surface area contributed by atoms with E-state index in [4.69, 9.17) is 21.4 Å². The van der Waals surface area contributed by atoms with Crippen LogP contribution in [0.15, 0.2) is 6.07 Å². The number of thiophene rings is 1. The van der Waals surface area contributed by atoms with E-state index in [9.17, 15) is 0 Å². The molecule has 1 N–H and O–H groups in total. The Kier molecular flexibility index (Phi) is 3.04. The number of fused-ring (bicyclic) bond motifs is 1. The van der Waals surface area contributed by atoms with Crippen LogP contribution in [0.4, 0.5) is 0 Å². The maximum absolute atomic E-state index is 8.68. The van der Waals surface area contributed by atoms with Crippen molar-refractivity contribution in [2.24, 2.45) is 0 Å². The minimum atomic E-state index is -0.0494. The fourth-order valence-corrected chi connectivity index (χ4v) is 2.32. The quantitative estimate of drug-likeness (QED) is 0.840. The lowest BCUT2D eigenvalue weighted by atomic mass is 10.3. The number of aryl methyl sites for hydroxylation is 1. The number of aromatic nitrogens is 2. The zero-order valence-electron chi connectivity index (χ0n) is 8.03. The van der Waals surface area contributed by atoms with E-state index in [1.54, 1.807) is 0 Å². The van der Waals surface area contributed by atoms with Gasteiger partial charge in [0.2, 0.25) is 11.2 Å². The first-order chi connectivity index (χ1) is 7.20. The SMILES string of the molecule is Cc1cc2c(OCCO)nc(Cl)nc2s1. The van der Waals surface area contributed by atoms with E-state index in [1.165, 1.54) is 11.3 Å². The van der Waals surface area contributed by atoms with Crippen molar-refractivity contribution in [2.45, 2.75) is 6.92 Å². The van der Waals surface area contributed by atoms with Crippen molar-refractivity contribution in [1.82, 2.24) is 9.97 Å². The van der Waals surface area contributed by atoms with E-state index in [0.717, 1.165) is 15.1 Å². The molecule has 0 unspecified atom stereocenters. The molecule has 0 aliphatic rings. The molecule has 0 bridgehead atoms. The van der Waals surface area contributed by atoms with Crippen LogP contribution in [0, 0.1) is 6.92 Å². The minimum Gasteiger partial charge on any atom is -0.475 e. The molecule has 0 amide bonds. The highest BCUT2D eigenvalue weighted by atomic mass is 35.5. The van der Waals surface area contributed by atoms with E-state index in [1.807, 2.05) is 13.0 Å². The molecule has 6 heteroatoms. The van der Waals surface area contributed by atoms with Gasteiger partial charge < -0.3 is 9.84 Å². The van der Waals surface area contributed by atoms with Crippen LogP contribution in [0.3, 0.4) is 0 Å². The number of hydrogen-bond donors (Lipinski definition) is 1. The zero-order valence-corrected chi connectivity index (χ0v) is 9.60. The van der Waals surface area contributed by atoms with Gasteiger partial charge in [-0.25, -0.2) is 4.98 Å². The summed E-state index contributed by atoms with van der Waals surface area (Å²) in [6.07, 6.45) is 0. The third-order valence-electron chi connectivity index (χ3n) is 1.78. The van der Waals surface area contributed by atoms with Crippen LogP contribution in [-0.2, 0) is 0 Å². The summed E-state index contributed by atoms with van der Waals surface area (Å²) in [4.78, 5) is 10.0. The minimum absolute atomic E-state index is 0.0494. The monoisotopic (exact) mass is 244 g/mol. The molecule has 0 spiro atoms. The van der Waals surface area contributed by atoms with Gasteiger partial charge in [0, 0.05) is 4.88 Å². The lowest BCUT2D eigenvalue weighted by Gasteiger charge is -2.03. The number of aliphatic hydroxyl groups is 1.